The highest BCUT2D eigenvalue weighted by atomic mass is 32.2. The fourth-order valence-corrected chi connectivity index (χ4v) is 4.71. The minimum Gasteiger partial charge on any atom is -0.444 e. The van der Waals surface area contributed by atoms with Gasteiger partial charge >= 0.3 is 11.6 Å². The van der Waals surface area contributed by atoms with Gasteiger partial charge in [-0.3, -0.25) is 0 Å². The predicted octanol–water partition coefficient (Wildman–Crippen LogP) is 5.48. The van der Waals surface area contributed by atoms with Crippen molar-refractivity contribution in [2.75, 3.05) is 6.54 Å². The summed E-state index contributed by atoms with van der Waals surface area (Å²) in [5.41, 5.74) is -5.05. The Labute approximate surface area is 196 Å². The molecular weight excluding hydrogens is 474 g/mol. The number of alkyl halides is 3. The highest BCUT2D eigenvalue weighted by Gasteiger charge is 2.47. The molecule has 0 saturated carbocycles. The second kappa shape index (κ2) is 9.53. The van der Waals surface area contributed by atoms with Gasteiger partial charge in [0.2, 0.25) is 9.92 Å². The van der Waals surface area contributed by atoms with E-state index in [9.17, 15) is 22.2 Å². The Bertz CT molecular complexity index is 1130. The van der Waals surface area contributed by atoms with Crippen LogP contribution in [0.5, 0.6) is 0 Å². The number of ether oxygens (including phenoxy) is 1. The van der Waals surface area contributed by atoms with Crippen molar-refractivity contribution in [1.82, 2.24) is 9.62 Å². The van der Waals surface area contributed by atoms with Crippen LogP contribution < -0.4 is 4.72 Å². The van der Waals surface area contributed by atoms with E-state index in [4.69, 9.17) is 9.52 Å². The smallest absolute Gasteiger partial charge is 0.444 e. The van der Waals surface area contributed by atoms with Crippen molar-refractivity contribution >= 4 is 16.0 Å². The van der Waals surface area contributed by atoms with Gasteiger partial charge in [0.1, 0.15) is 11.4 Å². The minimum absolute atomic E-state index is 0.00411. The third kappa shape index (κ3) is 5.87. The Kier molecular flexibility index (Phi) is 7.28. The first kappa shape index (κ1) is 26.0. The van der Waals surface area contributed by atoms with Crippen molar-refractivity contribution < 1.29 is 31.3 Å². The molecule has 1 fully saturated rings. The molecule has 2 N–H and O–H groups in total. The Morgan fingerprint density at radius 2 is 1.79 bits per heavy atom. The summed E-state index contributed by atoms with van der Waals surface area (Å²) < 4.78 is 81.4. The molecule has 1 amide bonds. The normalized spacial score (nSPS) is 20.7. The lowest BCUT2D eigenvalue weighted by Crippen LogP contribution is -2.51. The van der Waals surface area contributed by atoms with Gasteiger partial charge in [-0.15, -0.1) is 0 Å². The summed E-state index contributed by atoms with van der Waals surface area (Å²) in [5.74, 6) is -0.564. The van der Waals surface area contributed by atoms with Crippen molar-refractivity contribution in [2.45, 2.75) is 56.8 Å². The fraction of sp³-hybridized carbons (Fsp3) is 0.435. The Balaban J connectivity index is 1.96. The van der Waals surface area contributed by atoms with Crippen LogP contribution in [-0.4, -0.2) is 44.9 Å². The number of amides is 1. The molecule has 1 aliphatic heterocycles. The lowest BCUT2D eigenvalue weighted by atomic mass is 9.96. The van der Waals surface area contributed by atoms with Crippen LogP contribution in [0.1, 0.15) is 32.8 Å². The second-order valence-electron chi connectivity index (χ2n) is 9.10. The molecule has 3 rings (SSSR count). The Hall–Kier alpha value is -2.66. The van der Waals surface area contributed by atoms with Gasteiger partial charge in [0.15, 0.2) is 0 Å². The van der Waals surface area contributed by atoms with Gasteiger partial charge in [-0.05, 0) is 44.7 Å². The van der Waals surface area contributed by atoms with E-state index in [2.05, 4.69) is 0 Å². The molecule has 0 bridgehead atoms. The highest BCUT2D eigenvalue weighted by molar-refractivity contribution is 7.91. The molecule has 0 aromatic heterocycles. The third-order valence-corrected chi connectivity index (χ3v) is 6.70. The molecule has 1 aliphatic rings. The summed E-state index contributed by atoms with van der Waals surface area (Å²) in [4.78, 5) is 14.0. The van der Waals surface area contributed by atoms with E-state index in [1.165, 1.54) is 11.0 Å². The number of benzene rings is 2. The van der Waals surface area contributed by atoms with E-state index >= 15 is 4.39 Å². The van der Waals surface area contributed by atoms with Gasteiger partial charge in [-0.1, -0.05) is 48.5 Å². The van der Waals surface area contributed by atoms with E-state index < -0.39 is 45.0 Å². The fourth-order valence-electron chi connectivity index (χ4n) is 3.87. The molecule has 0 radical (unpaired) electrons. The van der Waals surface area contributed by atoms with Gasteiger partial charge in [0, 0.05) is 18.2 Å². The molecule has 1 heterocycles. The first-order valence-electron chi connectivity index (χ1n) is 10.6. The molecule has 186 valence electrons. The number of carbonyl (C=O) groups excluding carboxylic acids is 1. The average Bonchev–Trinajstić information content (AvgIpc) is 3.10. The predicted molar refractivity (Wildman–Crippen MR) is 121 cm³/mol. The highest BCUT2D eigenvalue weighted by Crippen LogP contribution is 2.31. The second-order valence-corrected chi connectivity index (χ2v) is 10.9. The standard InChI is InChI=1S/C23H27F4N3O3S/c1-22(2,3)33-21(31)30-13-12-18(29-34(28,32)23(25,26)27)19(30)14-16-10-7-11-17(20(16)24)15-8-5-4-6-9-15/h4-11,18-19H,12-14H2,1-3H3,(H2,28,29,32)/t18-,19-,34?/m0/s1. The topological polar surface area (TPSA) is 82.5 Å². The summed E-state index contributed by atoms with van der Waals surface area (Å²) in [6.07, 6.45) is -0.933. The number of nitrogens with zero attached hydrogens (tertiary/aromatic N) is 1. The molecule has 0 aliphatic carbocycles. The van der Waals surface area contributed by atoms with Crippen molar-refractivity contribution in [3.8, 4) is 11.1 Å². The number of hydrogen-bond acceptors (Lipinski definition) is 4. The van der Waals surface area contributed by atoms with Crippen LogP contribution in [0.3, 0.4) is 0 Å². The summed E-state index contributed by atoms with van der Waals surface area (Å²) >= 11 is 0. The molecule has 11 heteroatoms. The van der Waals surface area contributed by atoms with E-state index in [-0.39, 0.29) is 24.9 Å². The van der Waals surface area contributed by atoms with Crippen molar-refractivity contribution in [3.05, 3.63) is 59.9 Å². The molecule has 0 spiro atoms. The minimum atomic E-state index is -5.30. The van der Waals surface area contributed by atoms with Crippen LogP contribution >= 0.6 is 0 Å². The third-order valence-electron chi connectivity index (χ3n) is 5.41. The van der Waals surface area contributed by atoms with Gasteiger partial charge in [-0.2, -0.15) is 13.2 Å². The lowest BCUT2D eigenvalue weighted by Gasteiger charge is -2.31. The maximum absolute atomic E-state index is 15.4. The molecule has 1 saturated heterocycles. The van der Waals surface area contributed by atoms with Crippen LogP contribution in [0, 0.1) is 10.6 Å². The zero-order chi connectivity index (χ0) is 25.3. The van der Waals surface area contributed by atoms with Gasteiger partial charge in [-0.25, -0.2) is 22.9 Å². The van der Waals surface area contributed by atoms with Gasteiger partial charge in [0.25, 0.3) is 0 Å². The largest absolute Gasteiger partial charge is 0.492 e. The first-order chi connectivity index (χ1) is 15.7. The van der Waals surface area contributed by atoms with Crippen LogP contribution in [0.2, 0.25) is 0 Å². The summed E-state index contributed by atoms with van der Waals surface area (Å²) in [6, 6.07) is 11.3. The number of halogens is 4. The monoisotopic (exact) mass is 501 g/mol. The van der Waals surface area contributed by atoms with E-state index in [0.29, 0.717) is 11.1 Å². The Morgan fingerprint density at radius 3 is 2.38 bits per heavy atom. The van der Waals surface area contributed by atoms with Crippen molar-refractivity contribution in [1.29, 1.82) is 4.78 Å². The maximum atomic E-state index is 15.4. The maximum Gasteiger partial charge on any atom is 0.492 e. The Morgan fingerprint density at radius 1 is 1.15 bits per heavy atom. The average molecular weight is 502 g/mol. The van der Waals surface area contributed by atoms with Gasteiger partial charge < -0.3 is 9.64 Å². The lowest BCUT2D eigenvalue weighted by molar-refractivity contribution is -0.0421. The summed E-state index contributed by atoms with van der Waals surface area (Å²) in [5, 5.41) is 0. The van der Waals surface area contributed by atoms with Crippen LogP contribution in [0.4, 0.5) is 22.4 Å². The number of rotatable bonds is 5. The molecular formula is C23H27F4N3O3S. The number of carbonyl (C=O) groups is 1. The number of hydrogen-bond donors (Lipinski definition) is 2. The van der Waals surface area contributed by atoms with Crippen LogP contribution in [0.15, 0.2) is 48.5 Å². The zero-order valence-electron chi connectivity index (χ0n) is 19.0. The van der Waals surface area contributed by atoms with Crippen molar-refractivity contribution in [2.24, 2.45) is 0 Å². The molecule has 6 nitrogen and oxygen atoms in total. The first-order valence-corrected chi connectivity index (χ1v) is 12.2. The van der Waals surface area contributed by atoms with Crippen LogP contribution in [-0.2, 0) is 21.1 Å². The van der Waals surface area contributed by atoms with E-state index in [1.807, 2.05) is 4.72 Å². The quantitative estimate of drug-likeness (QED) is 0.532. The van der Waals surface area contributed by atoms with Crippen molar-refractivity contribution in [3.63, 3.8) is 0 Å². The number of nitrogens with one attached hydrogen (secondary N) is 2. The van der Waals surface area contributed by atoms with Gasteiger partial charge in [0.05, 0.1) is 6.04 Å². The molecule has 2 aromatic rings. The van der Waals surface area contributed by atoms with E-state index in [0.717, 1.165) is 0 Å². The summed E-state index contributed by atoms with van der Waals surface area (Å²) in [6.45, 7) is 4.95. The van der Waals surface area contributed by atoms with E-state index in [1.54, 1.807) is 63.2 Å². The molecule has 1 unspecified atom stereocenters. The molecule has 2 aromatic carbocycles. The van der Waals surface area contributed by atoms with Crippen LogP contribution in [0.25, 0.3) is 11.1 Å². The SMILES string of the molecule is CC(C)(C)OC(=O)N1CC[C@H](NS(=N)(=O)C(F)(F)F)[C@@H]1Cc1cccc(-c2ccccc2)c1F. The zero-order valence-corrected chi connectivity index (χ0v) is 19.8. The summed E-state index contributed by atoms with van der Waals surface area (Å²) in [7, 11) is -5.17. The number of likely N-dealkylation sites (tertiary alicyclic amines) is 1. The molecule has 3 atom stereocenters. The molecule has 34 heavy (non-hydrogen) atoms.